The van der Waals surface area contributed by atoms with Gasteiger partial charge in [-0.1, -0.05) is 20.8 Å². The molecule has 6 heteroatoms. The predicted octanol–water partition coefficient (Wildman–Crippen LogP) is 2.05. The Bertz CT molecular complexity index is 523. The van der Waals surface area contributed by atoms with Gasteiger partial charge in [0.25, 0.3) is 5.91 Å². The standard InChI is InChI=1S/C17H28N4O2/c1-5-18-16(19-13-17(2,3)4)21-10-8-20(9-11-21)15(22)14-7-6-12-23-14/h6-7,12H,5,8-11,13H2,1-4H3,(H,18,19). The van der Waals surface area contributed by atoms with Gasteiger partial charge in [-0.05, 0) is 24.5 Å². The molecule has 1 N–H and O–H groups in total. The molecule has 0 unspecified atom stereocenters. The molecule has 1 aromatic heterocycles. The summed E-state index contributed by atoms with van der Waals surface area (Å²) in [5, 5.41) is 3.35. The molecule has 0 bridgehead atoms. The molecule has 0 saturated carbocycles. The summed E-state index contributed by atoms with van der Waals surface area (Å²) in [6, 6.07) is 3.45. The molecule has 1 amide bonds. The average molecular weight is 320 g/mol. The van der Waals surface area contributed by atoms with Crippen LogP contribution in [0.2, 0.25) is 0 Å². The van der Waals surface area contributed by atoms with E-state index >= 15 is 0 Å². The van der Waals surface area contributed by atoms with Crippen LogP contribution in [0.3, 0.4) is 0 Å². The fourth-order valence-corrected chi connectivity index (χ4v) is 2.42. The van der Waals surface area contributed by atoms with Crippen molar-refractivity contribution in [2.75, 3.05) is 39.3 Å². The van der Waals surface area contributed by atoms with Gasteiger partial charge in [0.2, 0.25) is 0 Å². The minimum Gasteiger partial charge on any atom is -0.459 e. The molecule has 1 aromatic rings. The lowest BCUT2D eigenvalue weighted by Gasteiger charge is -2.36. The molecule has 6 nitrogen and oxygen atoms in total. The number of guanidine groups is 1. The SMILES string of the molecule is CCNC(=NCC(C)(C)C)N1CCN(C(=O)c2ccco2)CC1. The number of hydrogen-bond donors (Lipinski definition) is 1. The van der Waals surface area contributed by atoms with Gasteiger partial charge < -0.3 is 19.5 Å². The summed E-state index contributed by atoms with van der Waals surface area (Å²) in [4.78, 5) is 21.1. The van der Waals surface area contributed by atoms with Crippen LogP contribution in [0.15, 0.2) is 27.8 Å². The highest BCUT2D eigenvalue weighted by Gasteiger charge is 2.25. The third-order valence-corrected chi connectivity index (χ3v) is 3.64. The fourth-order valence-electron chi connectivity index (χ4n) is 2.42. The number of amides is 1. The first-order valence-electron chi connectivity index (χ1n) is 8.27. The van der Waals surface area contributed by atoms with E-state index in [0.29, 0.717) is 18.8 Å². The summed E-state index contributed by atoms with van der Waals surface area (Å²) >= 11 is 0. The summed E-state index contributed by atoms with van der Waals surface area (Å²) in [7, 11) is 0. The van der Waals surface area contributed by atoms with E-state index < -0.39 is 0 Å². The highest BCUT2D eigenvalue weighted by atomic mass is 16.3. The molecule has 0 radical (unpaired) electrons. The van der Waals surface area contributed by atoms with Crippen LogP contribution >= 0.6 is 0 Å². The van der Waals surface area contributed by atoms with Crippen molar-refractivity contribution < 1.29 is 9.21 Å². The van der Waals surface area contributed by atoms with Gasteiger partial charge in [0.1, 0.15) is 0 Å². The summed E-state index contributed by atoms with van der Waals surface area (Å²) < 4.78 is 5.20. The minimum absolute atomic E-state index is 0.0359. The highest BCUT2D eigenvalue weighted by molar-refractivity contribution is 5.91. The molecule has 1 saturated heterocycles. The van der Waals surface area contributed by atoms with E-state index in [4.69, 9.17) is 9.41 Å². The first kappa shape index (κ1) is 17.4. The van der Waals surface area contributed by atoms with Crippen molar-refractivity contribution >= 4 is 11.9 Å². The summed E-state index contributed by atoms with van der Waals surface area (Å²) in [5.74, 6) is 1.31. The van der Waals surface area contributed by atoms with Crippen LogP contribution in [0.5, 0.6) is 0 Å². The zero-order valence-electron chi connectivity index (χ0n) is 14.6. The number of nitrogens with one attached hydrogen (secondary N) is 1. The van der Waals surface area contributed by atoms with Crippen LogP contribution < -0.4 is 5.32 Å². The van der Waals surface area contributed by atoms with E-state index in [-0.39, 0.29) is 11.3 Å². The Labute approximate surface area is 138 Å². The third-order valence-electron chi connectivity index (χ3n) is 3.64. The number of rotatable bonds is 3. The van der Waals surface area contributed by atoms with Gasteiger partial charge in [0.05, 0.1) is 6.26 Å². The van der Waals surface area contributed by atoms with Gasteiger partial charge in [-0.25, -0.2) is 0 Å². The molecule has 2 rings (SSSR count). The van der Waals surface area contributed by atoms with Crippen LogP contribution in [0.1, 0.15) is 38.2 Å². The number of aliphatic imine (C=N–C) groups is 1. The molecule has 0 aromatic carbocycles. The van der Waals surface area contributed by atoms with Crippen molar-refractivity contribution in [3.8, 4) is 0 Å². The molecular formula is C17H28N4O2. The second-order valence-corrected chi connectivity index (χ2v) is 6.99. The van der Waals surface area contributed by atoms with E-state index in [1.807, 2.05) is 4.90 Å². The van der Waals surface area contributed by atoms with Crippen LogP contribution in [-0.2, 0) is 0 Å². The Morgan fingerprint density at radius 3 is 2.43 bits per heavy atom. The third kappa shape index (κ3) is 5.01. The van der Waals surface area contributed by atoms with Gasteiger partial charge in [-0.2, -0.15) is 0 Å². The zero-order valence-corrected chi connectivity index (χ0v) is 14.6. The second-order valence-electron chi connectivity index (χ2n) is 6.99. The molecular weight excluding hydrogens is 292 g/mol. The van der Waals surface area contributed by atoms with Crippen molar-refractivity contribution in [2.45, 2.75) is 27.7 Å². The molecule has 1 aliphatic heterocycles. The highest BCUT2D eigenvalue weighted by Crippen LogP contribution is 2.14. The Hall–Kier alpha value is -1.98. The van der Waals surface area contributed by atoms with Gasteiger partial charge in [0, 0.05) is 39.3 Å². The topological polar surface area (TPSA) is 61.1 Å². The number of carbonyl (C=O) groups is 1. The number of hydrogen-bond acceptors (Lipinski definition) is 3. The largest absolute Gasteiger partial charge is 0.459 e. The smallest absolute Gasteiger partial charge is 0.289 e. The Balaban J connectivity index is 1.94. The van der Waals surface area contributed by atoms with Crippen LogP contribution in [0.25, 0.3) is 0 Å². The maximum absolute atomic E-state index is 12.3. The Kier molecular flexibility index (Phi) is 5.69. The van der Waals surface area contributed by atoms with Crippen LogP contribution in [0.4, 0.5) is 0 Å². The maximum Gasteiger partial charge on any atom is 0.289 e. The van der Waals surface area contributed by atoms with E-state index in [9.17, 15) is 4.79 Å². The summed E-state index contributed by atoms with van der Waals surface area (Å²) in [6.45, 7) is 13.2. The quantitative estimate of drug-likeness (QED) is 0.684. The predicted molar refractivity (Wildman–Crippen MR) is 91.6 cm³/mol. The summed E-state index contributed by atoms with van der Waals surface area (Å²) in [6.07, 6.45) is 1.53. The van der Waals surface area contributed by atoms with Gasteiger partial charge in [-0.3, -0.25) is 9.79 Å². The molecule has 23 heavy (non-hydrogen) atoms. The van der Waals surface area contributed by atoms with Crippen molar-refractivity contribution in [1.29, 1.82) is 0 Å². The van der Waals surface area contributed by atoms with Crippen molar-refractivity contribution in [2.24, 2.45) is 10.4 Å². The summed E-state index contributed by atoms with van der Waals surface area (Å²) in [5.41, 5.74) is 0.164. The number of piperazine rings is 1. The average Bonchev–Trinajstić information content (AvgIpc) is 3.04. The molecule has 1 fully saturated rings. The van der Waals surface area contributed by atoms with Crippen LogP contribution in [0, 0.1) is 5.41 Å². The lowest BCUT2D eigenvalue weighted by atomic mass is 9.97. The molecule has 0 spiro atoms. The molecule has 0 atom stereocenters. The lowest BCUT2D eigenvalue weighted by molar-refractivity contribution is 0.0657. The number of carbonyl (C=O) groups excluding carboxylic acids is 1. The first-order valence-corrected chi connectivity index (χ1v) is 8.27. The van der Waals surface area contributed by atoms with E-state index in [2.05, 4.69) is 37.9 Å². The monoisotopic (exact) mass is 320 g/mol. The first-order chi connectivity index (χ1) is 10.9. The van der Waals surface area contributed by atoms with Gasteiger partial charge in [-0.15, -0.1) is 0 Å². The Morgan fingerprint density at radius 2 is 1.91 bits per heavy atom. The van der Waals surface area contributed by atoms with Gasteiger partial charge >= 0.3 is 0 Å². The zero-order chi connectivity index (χ0) is 16.9. The molecule has 128 valence electrons. The Morgan fingerprint density at radius 1 is 1.26 bits per heavy atom. The van der Waals surface area contributed by atoms with E-state index in [0.717, 1.165) is 32.1 Å². The lowest BCUT2D eigenvalue weighted by Crippen LogP contribution is -2.53. The van der Waals surface area contributed by atoms with Crippen molar-refractivity contribution in [3.63, 3.8) is 0 Å². The van der Waals surface area contributed by atoms with Crippen LogP contribution in [-0.4, -0.2) is 60.9 Å². The normalized spacial score (nSPS) is 16.6. The molecule has 0 aliphatic carbocycles. The minimum atomic E-state index is -0.0359. The fraction of sp³-hybridized carbons (Fsp3) is 0.647. The van der Waals surface area contributed by atoms with E-state index in [1.165, 1.54) is 6.26 Å². The molecule has 1 aliphatic rings. The van der Waals surface area contributed by atoms with E-state index in [1.54, 1.807) is 12.1 Å². The number of furan rings is 1. The van der Waals surface area contributed by atoms with Gasteiger partial charge in [0.15, 0.2) is 11.7 Å². The maximum atomic E-state index is 12.3. The van der Waals surface area contributed by atoms with Crippen molar-refractivity contribution in [3.05, 3.63) is 24.2 Å². The van der Waals surface area contributed by atoms with Crippen molar-refractivity contribution in [1.82, 2.24) is 15.1 Å². The number of nitrogens with zero attached hydrogens (tertiary/aromatic N) is 3. The second kappa shape index (κ2) is 7.53. The molecule has 2 heterocycles.